The molecule has 3 aromatic rings. The molecule has 1 N–H and O–H groups in total. The monoisotopic (exact) mass is 428 g/mol. The highest BCUT2D eigenvalue weighted by atomic mass is 16.1. The van der Waals surface area contributed by atoms with Gasteiger partial charge >= 0.3 is 0 Å². The number of nitriles is 1. The largest absolute Gasteiger partial charge is 0.349 e. The zero-order chi connectivity index (χ0) is 22.8. The third kappa shape index (κ3) is 6.55. The average Bonchev–Trinajstić information content (AvgIpc) is 3.09. The van der Waals surface area contributed by atoms with Crippen molar-refractivity contribution in [2.75, 3.05) is 0 Å². The predicted molar refractivity (Wildman–Crippen MR) is 127 cm³/mol. The summed E-state index contributed by atoms with van der Waals surface area (Å²) in [4.78, 5) is 12.9. The number of nitrogens with zero attached hydrogens (tertiary/aromatic N) is 3. The van der Waals surface area contributed by atoms with E-state index in [-0.39, 0.29) is 11.9 Å². The number of hydrogen-bond acceptors (Lipinski definition) is 3. The van der Waals surface area contributed by atoms with E-state index in [1.165, 1.54) is 5.56 Å². The van der Waals surface area contributed by atoms with Crippen molar-refractivity contribution in [1.82, 2.24) is 15.1 Å². The van der Waals surface area contributed by atoms with Crippen LogP contribution in [0, 0.1) is 25.2 Å². The van der Waals surface area contributed by atoms with Gasteiger partial charge < -0.3 is 5.32 Å². The minimum absolute atomic E-state index is 0.00737. The maximum Gasteiger partial charge on any atom is 0.220 e. The molecule has 5 nitrogen and oxygen atoms in total. The molecule has 0 saturated heterocycles. The number of benzene rings is 2. The molecule has 3 rings (SSSR count). The van der Waals surface area contributed by atoms with E-state index in [0.29, 0.717) is 25.8 Å². The summed E-state index contributed by atoms with van der Waals surface area (Å²) in [5.74, 6) is 0.0575. The molecule has 0 radical (unpaired) electrons. The van der Waals surface area contributed by atoms with E-state index in [0.717, 1.165) is 41.8 Å². The van der Waals surface area contributed by atoms with E-state index >= 15 is 0 Å². The van der Waals surface area contributed by atoms with Gasteiger partial charge in [0.2, 0.25) is 5.91 Å². The molecular weight excluding hydrogens is 396 g/mol. The van der Waals surface area contributed by atoms with Gasteiger partial charge in [-0.1, -0.05) is 60.7 Å². The van der Waals surface area contributed by atoms with Crippen molar-refractivity contribution in [2.24, 2.45) is 0 Å². The Morgan fingerprint density at radius 3 is 2.44 bits per heavy atom. The van der Waals surface area contributed by atoms with Crippen molar-refractivity contribution in [3.8, 4) is 6.07 Å². The third-order valence-corrected chi connectivity index (χ3v) is 5.91. The fourth-order valence-corrected chi connectivity index (χ4v) is 4.14. The number of aromatic nitrogens is 2. The first-order chi connectivity index (χ1) is 15.6. The highest BCUT2D eigenvalue weighted by Crippen LogP contribution is 2.21. The number of carbonyl (C=O) groups is 1. The number of aryl methyl sites for hydroxylation is 3. The molecule has 0 spiro atoms. The summed E-state index contributed by atoms with van der Waals surface area (Å²) in [5.41, 5.74) is 5.57. The fraction of sp³-hybridized carbons (Fsp3) is 0.370. The number of hydrogen-bond donors (Lipinski definition) is 1. The molecule has 166 valence electrons. The lowest BCUT2D eigenvalue weighted by Gasteiger charge is -2.19. The van der Waals surface area contributed by atoms with Gasteiger partial charge in [0, 0.05) is 12.1 Å². The van der Waals surface area contributed by atoms with Crippen LogP contribution in [0.5, 0.6) is 0 Å². The Hall–Kier alpha value is -3.39. The summed E-state index contributed by atoms with van der Waals surface area (Å²) >= 11 is 0. The van der Waals surface area contributed by atoms with Crippen molar-refractivity contribution < 1.29 is 4.79 Å². The van der Waals surface area contributed by atoms with Gasteiger partial charge in [0.1, 0.15) is 0 Å². The SMILES string of the molecule is Cc1nn(CCC#N)c(C)c1CCC(=O)NC(CCCc1ccccc1)c1ccccc1. The minimum atomic E-state index is 0.00737. The lowest BCUT2D eigenvalue weighted by atomic mass is 9.98. The molecule has 1 unspecified atom stereocenters. The molecule has 0 aliphatic rings. The van der Waals surface area contributed by atoms with Crippen LogP contribution in [0.3, 0.4) is 0 Å². The Kier molecular flexibility index (Phi) is 8.62. The van der Waals surface area contributed by atoms with Crippen LogP contribution < -0.4 is 5.32 Å². The molecule has 1 atom stereocenters. The van der Waals surface area contributed by atoms with E-state index in [2.05, 4.69) is 52.9 Å². The second-order valence-corrected chi connectivity index (χ2v) is 8.19. The second kappa shape index (κ2) is 11.9. The summed E-state index contributed by atoms with van der Waals surface area (Å²) in [7, 11) is 0. The lowest BCUT2D eigenvalue weighted by Crippen LogP contribution is -2.29. The number of amides is 1. The Morgan fingerprint density at radius 1 is 1.06 bits per heavy atom. The average molecular weight is 429 g/mol. The summed E-state index contributed by atoms with van der Waals surface area (Å²) in [6, 6.07) is 22.9. The first kappa shape index (κ1) is 23.3. The summed E-state index contributed by atoms with van der Waals surface area (Å²) in [6.07, 6.45) is 4.42. The molecule has 0 bridgehead atoms. The van der Waals surface area contributed by atoms with Gasteiger partial charge in [0.15, 0.2) is 0 Å². The van der Waals surface area contributed by atoms with Crippen molar-refractivity contribution in [3.63, 3.8) is 0 Å². The maximum atomic E-state index is 12.9. The quantitative estimate of drug-likeness (QED) is 0.455. The third-order valence-electron chi connectivity index (χ3n) is 5.91. The molecule has 0 saturated carbocycles. The summed E-state index contributed by atoms with van der Waals surface area (Å²) in [5, 5.41) is 16.6. The van der Waals surface area contributed by atoms with Crippen LogP contribution in [0.15, 0.2) is 60.7 Å². The first-order valence-corrected chi connectivity index (χ1v) is 11.4. The van der Waals surface area contributed by atoms with Crippen LogP contribution in [-0.2, 0) is 24.2 Å². The van der Waals surface area contributed by atoms with Crippen LogP contribution in [-0.4, -0.2) is 15.7 Å². The van der Waals surface area contributed by atoms with Gasteiger partial charge in [0.05, 0.1) is 30.8 Å². The Bertz CT molecular complexity index is 1030. The zero-order valence-corrected chi connectivity index (χ0v) is 19.1. The molecule has 0 aliphatic carbocycles. The van der Waals surface area contributed by atoms with Crippen LogP contribution >= 0.6 is 0 Å². The van der Waals surface area contributed by atoms with E-state index in [1.54, 1.807) is 0 Å². The first-order valence-electron chi connectivity index (χ1n) is 11.4. The Balaban J connectivity index is 1.59. The Morgan fingerprint density at radius 2 is 1.75 bits per heavy atom. The molecule has 32 heavy (non-hydrogen) atoms. The van der Waals surface area contributed by atoms with Crippen LogP contribution in [0.4, 0.5) is 0 Å². The number of carbonyl (C=O) groups excluding carboxylic acids is 1. The van der Waals surface area contributed by atoms with Gasteiger partial charge in [-0.25, -0.2) is 0 Å². The lowest BCUT2D eigenvalue weighted by molar-refractivity contribution is -0.121. The van der Waals surface area contributed by atoms with Crippen molar-refractivity contribution in [1.29, 1.82) is 5.26 Å². The number of rotatable bonds is 11. The minimum Gasteiger partial charge on any atom is -0.349 e. The highest BCUT2D eigenvalue weighted by Gasteiger charge is 2.17. The molecule has 0 aliphatic heterocycles. The molecule has 2 aromatic carbocycles. The zero-order valence-electron chi connectivity index (χ0n) is 19.1. The standard InChI is InChI=1S/C27H32N4O/c1-21-25(22(2)31(30-21)20-10-19-28)17-18-27(32)29-26(24-14-7-4-8-15-24)16-9-13-23-11-5-3-6-12-23/h3-8,11-12,14-15,26H,9-10,13,16-18,20H2,1-2H3,(H,29,32). The highest BCUT2D eigenvalue weighted by molar-refractivity contribution is 5.76. The smallest absolute Gasteiger partial charge is 0.220 e. The van der Waals surface area contributed by atoms with Crippen LogP contribution in [0.2, 0.25) is 0 Å². The Labute approximate surface area is 191 Å². The molecule has 1 amide bonds. The molecule has 5 heteroatoms. The van der Waals surface area contributed by atoms with Crippen LogP contribution in [0.25, 0.3) is 0 Å². The summed E-state index contributed by atoms with van der Waals surface area (Å²) in [6.45, 7) is 4.58. The summed E-state index contributed by atoms with van der Waals surface area (Å²) < 4.78 is 1.88. The molecular formula is C27H32N4O. The van der Waals surface area contributed by atoms with Gasteiger partial charge in [-0.15, -0.1) is 0 Å². The van der Waals surface area contributed by atoms with Crippen molar-refractivity contribution in [3.05, 3.63) is 88.7 Å². The van der Waals surface area contributed by atoms with Gasteiger partial charge in [0.25, 0.3) is 0 Å². The van der Waals surface area contributed by atoms with Crippen LogP contribution in [0.1, 0.15) is 59.8 Å². The van der Waals surface area contributed by atoms with E-state index in [4.69, 9.17) is 5.26 Å². The van der Waals surface area contributed by atoms with Gasteiger partial charge in [-0.05, 0) is 56.2 Å². The fourth-order valence-electron chi connectivity index (χ4n) is 4.14. The molecule has 0 fully saturated rings. The second-order valence-electron chi connectivity index (χ2n) is 8.19. The topological polar surface area (TPSA) is 70.7 Å². The normalized spacial score (nSPS) is 11.7. The van der Waals surface area contributed by atoms with E-state index < -0.39 is 0 Å². The van der Waals surface area contributed by atoms with Crippen molar-refractivity contribution in [2.45, 2.75) is 65.0 Å². The van der Waals surface area contributed by atoms with Crippen molar-refractivity contribution >= 4 is 5.91 Å². The molecule has 1 heterocycles. The van der Waals surface area contributed by atoms with E-state index in [1.807, 2.05) is 42.8 Å². The van der Waals surface area contributed by atoms with E-state index in [9.17, 15) is 4.79 Å². The predicted octanol–water partition coefficient (Wildman–Crippen LogP) is 5.23. The molecule has 1 aromatic heterocycles. The maximum absolute atomic E-state index is 12.9. The van der Waals surface area contributed by atoms with Gasteiger partial charge in [-0.2, -0.15) is 10.4 Å². The van der Waals surface area contributed by atoms with Gasteiger partial charge in [-0.3, -0.25) is 9.48 Å². The number of nitrogens with one attached hydrogen (secondary N) is 1.